The summed E-state index contributed by atoms with van der Waals surface area (Å²) in [6, 6.07) is 7.10. The summed E-state index contributed by atoms with van der Waals surface area (Å²) in [5.74, 6) is 0. The second-order valence-corrected chi connectivity index (χ2v) is 6.23. The Kier molecular flexibility index (Phi) is 2.87. The fourth-order valence-electron chi connectivity index (χ4n) is 1.43. The number of aryl methyl sites for hydroxylation is 1. The van der Waals surface area contributed by atoms with E-state index >= 15 is 0 Å². The molecular weight excluding hydrogens is 278 g/mol. The highest BCUT2D eigenvalue weighted by Crippen LogP contribution is 2.29. The summed E-state index contributed by atoms with van der Waals surface area (Å²) in [6.45, 7) is 2.57. The molecule has 1 fully saturated rings. The average molecular weight is 290 g/mol. The van der Waals surface area contributed by atoms with Gasteiger partial charge in [-0.05, 0) is 19.1 Å². The highest BCUT2D eigenvalue weighted by molar-refractivity contribution is 9.09. The largest absolute Gasteiger partial charge is 0.243 e. The molecule has 2 atom stereocenters. The number of rotatable bonds is 3. The van der Waals surface area contributed by atoms with Crippen molar-refractivity contribution in [3.05, 3.63) is 29.8 Å². The minimum absolute atomic E-state index is 0.135. The summed E-state index contributed by atoms with van der Waals surface area (Å²) >= 11 is 3.29. The first-order valence-electron chi connectivity index (χ1n) is 4.70. The molecule has 0 N–H and O–H groups in total. The maximum absolute atomic E-state index is 12.0. The van der Waals surface area contributed by atoms with Gasteiger partial charge in [0.1, 0.15) is 0 Å². The van der Waals surface area contributed by atoms with E-state index in [0.717, 1.165) is 5.56 Å². The van der Waals surface area contributed by atoms with Crippen molar-refractivity contribution in [2.45, 2.75) is 17.9 Å². The van der Waals surface area contributed by atoms with Gasteiger partial charge in [0.15, 0.2) is 0 Å². The molecule has 0 radical (unpaired) electrons. The molecule has 1 aromatic carbocycles. The lowest BCUT2D eigenvalue weighted by Gasteiger charge is -2.05. The molecule has 1 unspecified atom stereocenters. The number of alkyl halides is 1. The van der Waals surface area contributed by atoms with Gasteiger partial charge in [-0.15, -0.1) is 0 Å². The summed E-state index contributed by atoms with van der Waals surface area (Å²) in [5.41, 5.74) is 1.07. The molecule has 0 bridgehead atoms. The first-order chi connectivity index (χ1) is 7.05. The molecule has 3 nitrogen and oxygen atoms in total. The Balaban J connectivity index is 2.27. The highest BCUT2D eigenvalue weighted by Gasteiger charge is 2.43. The van der Waals surface area contributed by atoms with Crippen LogP contribution in [0.2, 0.25) is 0 Å². The number of halogens is 1. The molecular formula is C10H12BrNO2S. The van der Waals surface area contributed by atoms with E-state index in [-0.39, 0.29) is 6.04 Å². The van der Waals surface area contributed by atoms with Crippen LogP contribution >= 0.6 is 15.9 Å². The molecule has 1 aromatic rings. The van der Waals surface area contributed by atoms with Gasteiger partial charge in [-0.1, -0.05) is 33.6 Å². The van der Waals surface area contributed by atoms with Crippen LogP contribution in [-0.2, 0) is 10.0 Å². The van der Waals surface area contributed by atoms with E-state index in [1.807, 2.05) is 19.1 Å². The van der Waals surface area contributed by atoms with Crippen LogP contribution in [0.5, 0.6) is 0 Å². The van der Waals surface area contributed by atoms with Gasteiger partial charge >= 0.3 is 0 Å². The standard InChI is InChI=1S/C10H12BrNO2S/c1-8-2-4-10(5-3-8)15(13,14)12-7-9(12)6-11/h2-5,9H,6-7H2,1H3/t9-,12?/m0/s1. The van der Waals surface area contributed by atoms with E-state index in [2.05, 4.69) is 15.9 Å². The van der Waals surface area contributed by atoms with Crippen molar-refractivity contribution in [1.29, 1.82) is 0 Å². The van der Waals surface area contributed by atoms with Crippen LogP contribution in [0.15, 0.2) is 29.2 Å². The van der Waals surface area contributed by atoms with Crippen molar-refractivity contribution >= 4 is 26.0 Å². The first-order valence-corrected chi connectivity index (χ1v) is 7.26. The predicted octanol–water partition coefficient (Wildman–Crippen LogP) is 1.76. The Bertz CT molecular complexity index is 455. The Labute approximate surface area is 98.3 Å². The van der Waals surface area contributed by atoms with E-state index < -0.39 is 10.0 Å². The minimum atomic E-state index is -3.24. The number of sulfonamides is 1. The monoisotopic (exact) mass is 289 g/mol. The summed E-state index contributed by atoms with van der Waals surface area (Å²) in [4.78, 5) is 0.386. The van der Waals surface area contributed by atoms with Gasteiger partial charge < -0.3 is 0 Å². The van der Waals surface area contributed by atoms with E-state index in [4.69, 9.17) is 0 Å². The topological polar surface area (TPSA) is 37.1 Å². The zero-order valence-corrected chi connectivity index (χ0v) is 10.8. The number of benzene rings is 1. The van der Waals surface area contributed by atoms with Crippen molar-refractivity contribution < 1.29 is 8.42 Å². The molecule has 0 aliphatic carbocycles. The van der Waals surface area contributed by atoms with E-state index in [0.29, 0.717) is 16.8 Å². The van der Waals surface area contributed by atoms with E-state index in [1.165, 1.54) is 4.31 Å². The van der Waals surface area contributed by atoms with Crippen LogP contribution in [0.1, 0.15) is 5.56 Å². The summed E-state index contributed by atoms with van der Waals surface area (Å²) < 4.78 is 25.5. The Morgan fingerprint density at radius 2 is 2.00 bits per heavy atom. The van der Waals surface area contributed by atoms with Gasteiger partial charge in [-0.25, -0.2) is 8.42 Å². The van der Waals surface area contributed by atoms with Crippen molar-refractivity contribution in [2.24, 2.45) is 0 Å². The molecule has 82 valence electrons. The zero-order chi connectivity index (χ0) is 11.1. The molecule has 1 saturated heterocycles. The van der Waals surface area contributed by atoms with E-state index in [9.17, 15) is 8.42 Å². The van der Waals surface area contributed by atoms with Crippen molar-refractivity contribution in [3.63, 3.8) is 0 Å². The molecule has 0 spiro atoms. The van der Waals surface area contributed by atoms with Crippen LogP contribution in [0.25, 0.3) is 0 Å². The molecule has 0 amide bonds. The van der Waals surface area contributed by atoms with Crippen LogP contribution < -0.4 is 0 Å². The SMILES string of the molecule is Cc1ccc(S(=O)(=O)N2C[C@@H]2CBr)cc1. The lowest BCUT2D eigenvalue weighted by molar-refractivity contribution is 0.556. The van der Waals surface area contributed by atoms with Gasteiger partial charge in [-0.2, -0.15) is 4.31 Å². The van der Waals surface area contributed by atoms with Crippen LogP contribution in [0.4, 0.5) is 0 Å². The third kappa shape index (κ3) is 2.09. The molecule has 1 heterocycles. The smallest absolute Gasteiger partial charge is 0.207 e. The summed E-state index contributed by atoms with van der Waals surface area (Å²) in [7, 11) is -3.24. The fourth-order valence-corrected chi connectivity index (χ4v) is 3.76. The zero-order valence-electron chi connectivity index (χ0n) is 8.35. The highest BCUT2D eigenvalue weighted by atomic mass is 79.9. The van der Waals surface area contributed by atoms with Gasteiger partial charge in [0, 0.05) is 17.9 Å². The quantitative estimate of drug-likeness (QED) is 0.628. The second kappa shape index (κ2) is 3.88. The number of hydrogen-bond acceptors (Lipinski definition) is 2. The third-order valence-corrected chi connectivity index (χ3v) is 5.15. The molecule has 2 rings (SSSR count). The molecule has 1 aliphatic rings. The molecule has 0 aromatic heterocycles. The fraction of sp³-hybridized carbons (Fsp3) is 0.400. The number of nitrogens with zero attached hydrogens (tertiary/aromatic N) is 1. The van der Waals surface area contributed by atoms with Gasteiger partial charge in [-0.3, -0.25) is 0 Å². The van der Waals surface area contributed by atoms with Crippen molar-refractivity contribution in [1.82, 2.24) is 4.31 Å². The van der Waals surface area contributed by atoms with E-state index in [1.54, 1.807) is 12.1 Å². The summed E-state index contributed by atoms with van der Waals surface area (Å²) in [5, 5.41) is 0.706. The maximum atomic E-state index is 12.0. The van der Waals surface area contributed by atoms with Crippen LogP contribution in [0, 0.1) is 6.92 Å². The van der Waals surface area contributed by atoms with Crippen molar-refractivity contribution in [3.8, 4) is 0 Å². The Morgan fingerprint density at radius 3 is 2.47 bits per heavy atom. The number of hydrogen-bond donors (Lipinski definition) is 0. The average Bonchev–Trinajstić information content (AvgIpc) is 2.98. The molecule has 1 aliphatic heterocycles. The Hall–Kier alpha value is -0.390. The second-order valence-electron chi connectivity index (χ2n) is 3.70. The van der Waals surface area contributed by atoms with Gasteiger partial charge in [0.25, 0.3) is 0 Å². The molecule has 5 heteroatoms. The van der Waals surface area contributed by atoms with Gasteiger partial charge in [0.05, 0.1) is 4.90 Å². The summed E-state index contributed by atoms with van der Waals surface area (Å²) in [6.07, 6.45) is 0. The van der Waals surface area contributed by atoms with Crippen LogP contribution in [-0.4, -0.2) is 30.6 Å². The predicted molar refractivity (Wildman–Crippen MR) is 62.7 cm³/mol. The van der Waals surface area contributed by atoms with Crippen molar-refractivity contribution in [2.75, 3.05) is 11.9 Å². The third-order valence-electron chi connectivity index (χ3n) is 2.47. The first kappa shape index (κ1) is 11.1. The normalized spacial score (nSPS) is 25.2. The maximum Gasteiger partial charge on any atom is 0.243 e. The van der Waals surface area contributed by atoms with Gasteiger partial charge in [0.2, 0.25) is 10.0 Å². The molecule has 0 saturated carbocycles. The van der Waals surface area contributed by atoms with Crippen LogP contribution in [0.3, 0.4) is 0 Å². The lowest BCUT2D eigenvalue weighted by atomic mass is 10.2. The Morgan fingerprint density at radius 1 is 1.40 bits per heavy atom. The minimum Gasteiger partial charge on any atom is -0.207 e. The molecule has 15 heavy (non-hydrogen) atoms. The lowest BCUT2D eigenvalue weighted by Crippen LogP contribution is -2.15.